The van der Waals surface area contributed by atoms with Gasteiger partial charge in [-0.1, -0.05) is 0 Å². The highest BCUT2D eigenvalue weighted by Gasteiger charge is 2.32. The Kier molecular flexibility index (Phi) is 5.23. The molecule has 6 nitrogen and oxygen atoms in total. The maximum Gasteiger partial charge on any atom is 0.416 e. The van der Waals surface area contributed by atoms with Gasteiger partial charge < -0.3 is 19.4 Å². The summed E-state index contributed by atoms with van der Waals surface area (Å²) in [5.74, 6) is 0. The van der Waals surface area contributed by atoms with Crippen molar-refractivity contribution in [3.05, 3.63) is 29.3 Å². The molecule has 0 bridgehead atoms. The first-order chi connectivity index (χ1) is 12.4. The minimum atomic E-state index is -4.48. The summed E-state index contributed by atoms with van der Waals surface area (Å²) < 4.78 is 43.7. The molecule has 0 spiro atoms. The van der Waals surface area contributed by atoms with Gasteiger partial charge in [-0.3, -0.25) is 0 Å². The lowest BCUT2D eigenvalue weighted by molar-refractivity contribution is -0.137. The molecule has 2 aliphatic heterocycles. The first-order valence-corrected chi connectivity index (χ1v) is 8.38. The van der Waals surface area contributed by atoms with E-state index in [1.165, 1.54) is 6.07 Å². The van der Waals surface area contributed by atoms with Crippen LogP contribution in [0.4, 0.5) is 23.7 Å². The van der Waals surface area contributed by atoms with E-state index in [1.54, 1.807) is 9.80 Å². The van der Waals surface area contributed by atoms with Gasteiger partial charge >= 0.3 is 12.2 Å². The predicted octanol–water partition coefficient (Wildman–Crippen LogP) is 2.15. The van der Waals surface area contributed by atoms with Gasteiger partial charge in [0, 0.05) is 39.3 Å². The molecular formula is C17H19F3N4O2. The number of carbonyl (C=O) groups is 1. The summed E-state index contributed by atoms with van der Waals surface area (Å²) >= 11 is 0. The summed E-state index contributed by atoms with van der Waals surface area (Å²) in [6.45, 7) is 4.05. The van der Waals surface area contributed by atoms with Gasteiger partial charge in [0.2, 0.25) is 0 Å². The quantitative estimate of drug-likeness (QED) is 0.762. The molecule has 2 amide bonds. The molecule has 9 heteroatoms. The molecule has 2 heterocycles. The van der Waals surface area contributed by atoms with Crippen LogP contribution in [0.2, 0.25) is 0 Å². The lowest BCUT2D eigenvalue weighted by Gasteiger charge is -2.39. The number of ether oxygens (including phenoxy) is 1. The second kappa shape index (κ2) is 7.41. The molecule has 0 atom stereocenters. The maximum atomic E-state index is 12.8. The number of nitrogens with zero attached hydrogens (tertiary/aromatic N) is 4. The fourth-order valence-corrected chi connectivity index (χ4v) is 3.17. The number of benzene rings is 1. The Hall–Kier alpha value is -2.47. The number of carbonyl (C=O) groups excluding carboxylic acids is 1. The summed E-state index contributed by atoms with van der Waals surface area (Å²) in [5, 5.41) is 9.22. The Morgan fingerprint density at radius 1 is 1.04 bits per heavy atom. The number of nitriles is 1. The summed E-state index contributed by atoms with van der Waals surface area (Å²) in [6.07, 6.45) is -4.48. The molecule has 0 aromatic heterocycles. The highest BCUT2D eigenvalue weighted by molar-refractivity contribution is 5.75. The Morgan fingerprint density at radius 3 is 2.23 bits per heavy atom. The summed E-state index contributed by atoms with van der Waals surface area (Å²) in [4.78, 5) is 17.8. The van der Waals surface area contributed by atoms with Gasteiger partial charge in [-0.15, -0.1) is 0 Å². The van der Waals surface area contributed by atoms with Gasteiger partial charge in [-0.2, -0.15) is 18.4 Å². The van der Waals surface area contributed by atoms with E-state index in [0.717, 1.165) is 12.1 Å². The zero-order valence-corrected chi connectivity index (χ0v) is 14.1. The van der Waals surface area contributed by atoms with Crippen LogP contribution in [0.1, 0.15) is 11.1 Å². The largest absolute Gasteiger partial charge is 0.416 e. The SMILES string of the molecule is N#Cc1cc(C(F)(F)F)ccc1N1CCN(C(=O)N2CCOCC2)CC1. The molecule has 140 valence electrons. The van der Waals surface area contributed by atoms with Gasteiger partial charge in [0.15, 0.2) is 0 Å². The van der Waals surface area contributed by atoms with Gasteiger partial charge in [0.05, 0.1) is 30.0 Å². The summed E-state index contributed by atoms with van der Waals surface area (Å²) in [6, 6.07) is 5.00. The molecule has 26 heavy (non-hydrogen) atoms. The Morgan fingerprint density at radius 2 is 1.65 bits per heavy atom. The average Bonchev–Trinajstić information content (AvgIpc) is 2.67. The van der Waals surface area contributed by atoms with Crippen LogP contribution in [0.5, 0.6) is 0 Å². The van der Waals surface area contributed by atoms with Crippen LogP contribution in [0.3, 0.4) is 0 Å². The molecule has 0 N–H and O–H groups in total. The van der Waals surface area contributed by atoms with Crippen molar-refractivity contribution >= 4 is 11.7 Å². The number of anilines is 1. The molecular weight excluding hydrogens is 349 g/mol. The first-order valence-electron chi connectivity index (χ1n) is 8.38. The number of alkyl halides is 3. The highest BCUT2D eigenvalue weighted by Crippen LogP contribution is 2.33. The molecule has 2 saturated heterocycles. The Labute approximate surface area is 149 Å². The van der Waals surface area contributed by atoms with Crippen molar-refractivity contribution in [3.63, 3.8) is 0 Å². The van der Waals surface area contributed by atoms with Gasteiger partial charge in [-0.25, -0.2) is 4.79 Å². The standard InChI is InChI=1S/C17H19F3N4O2/c18-17(19,20)14-1-2-15(13(11-14)12-21)22-3-5-23(6-4-22)16(25)24-7-9-26-10-8-24/h1-2,11H,3-10H2. The van der Waals surface area contributed by atoms with Crippen LogP contribution in [0, 0.1) is 11.3 Å². The van der Waals surface area contributed by atoms with Crippen molar-refractivity contribution in [2.45, 2.75) is 6.18 Å². The lowest BCUT2D eigenvalue weighted by atomic mass is 10.1. The Bertz CT molecular complexity index is 703. The second-order valence-electron chi connectivity index (χ2n) is 6.20. The molecule has 2 aliphatic rings. The number of morpholine rings is 1. The fourth-order valence-electron chi connectivity index (χ4n) is 3.17. The fraction of sp³-hybridized carbons (Fsp3) is 0.529. The van der Waals surface area contributed by atoms with Crippen LogP contribution in [-0.4, -0.2) is 68.3 Å². The minimum absolute atomic E-state index is 0.00668. The van der Waals surface area contributed by atoms with Crippen LogP contribution >= 0.6 is 0 Å². The average molecular weight is 368 g/mol. The molecule has 2 fully saturated rings. The number of urea groups is 1. The highest BCUT2D eigenvalue weighted by atomic mass is 19.4. The van der Waals surface area contributed by atoms with Crippen molar-refractivity contribution in [2.24, 2.45) is 0 Å². The van der Waals surface area contributed by atoms with Crippen LogP contribution in [-0.2, 0) is 10.9 Å². The monoisotopic (exact) mass is 368 g/mol. The van der Waals surface area contributed by atoms with Crippen molar-refractivity contribution in [3.8, 4) is 6.07 Å². The normalized spacial score (nSPS) is 18.6. The smallest absolute Gasteiger partial charge is 0.378 e. The van der Waals surface area contributed by atoms with E-state index in [0.29, 0.717) is 58.2 Å². The minimum Gasteiger partial charge on any atom is -0.378 e. The van der Waals surface area contributed by atoms with E-state index in [-0.39, 0.29) is 11.6 Å². The maximum absolute atomic E-state index is 12.8. The zero-order valence-electron chi connectivity index (χ0n) is 14.1. The van der Waals surface area contributed by atoms with Crippen molar-refractivity contribution in [2.75, 3.05) is 57.4 Å². The number of hydrogen-bond acceptors (Lipinski definition) is 4. The number of piperazine rings is 1. The molecule has 1 aromatic carbocycles. The van der Waals surface area contributed by atoms with Crippen molar-refractivity contribution < 1.29 is 22.7 Å². The van der Waals surface area contributed by atoms with Crippen molar-refractivity contribution in [1.29, 1.82) is 5.26 Å². The third kappa shape index (κ3) is 3.85. The molecule has 0 unspecified atom stereocenters. The number of hydrogen-bond donors (Lipinski definition) is 0. The molecule has 0 saturated carbocycles. The van der Waals surface area contributed by atoms with Crippen molar-refractivity contribution in [1.82, 2.24) is 9.80 Å². The van der Waals surface area contributed by atoms with E-state index < -0.39 is 11.7 Å². The number of amides is 2. The predicted molar refractivity (Wildman–Crippen MR) is 87.7 cm³/mol. The molecule has 1 aromatic rings. The number of halogens is 3. The van der Waals surface area contributed by atoms with Gasteiger partial charge in [0.1, 0.15) is 6.07 Å². The van der Waals surface area contributed by atoms with Crippen LogP contribution in [0.15, 0.2) is 18.2 Å². The summed E-state index contributed by atoms with van der Waals surface area (Å²) in [5.41, 5.74) is -0.370. The third-order valence-corrected chi connectivity index (χ3v) is 4.62. The zero-order chi connectivity index (χ0) is 18.7. The van der Waals surface area contributed by atoms with Crippen LogP contribution in [0.25, 0.3) is 0 Å². The lowest BCUT2D eigenvalue weighted by Crippen LogP contribution is -2.55. The van der Waals surface area contributed by atoms with Gasteiger partial charge in [-0.05, 0) is 18.2 Å². The van der Waals surface area contributed by atoms with E-state index in [4.69, 9.17) is 4.74 Å². The third-order valence-electron chi connectivity index (χ3n) is 4.62. The topological polar surface area (TPSA) is 59.8 Å². The van der Waals surface area contributed by atoms with Gasteiger partial charge in [0.25, 0.3) is 0 Å². The molecule has 3 rings (SSSR count). The van der Waals surface area contributed by atoms with E-state index in [9.17, 15) is 23.2 Å². The molecule has 0 aliphatic carbocycles. The van der Waals surface area contributed by atoms with E-state index in [1.807, 2.05) is 11.0 Å². The summed E-state index contributed by atoms with van der Waals surface area (Å²) in [7, 11) is 0. The second-order valence-corrected chi connectivity index (χ2v) is 6.20. The van der Waals surface area contributed by atoms with Crippen LogP contribution < -0.4 is 4.90 Å². The number of rotatable bonds is 1. The molecule has 0 radical (unpaired) electrons. The van der Waals surface area contributed by atoms with E-state index >= 15 is 0 Å². The van der Waals surface area contributed by atoms with E-state index in [2.05, 4.69) is 0 Å². The first kappa shape index (κ1) is 18.3. The Balaban J connectivity index is 1.66.